The van der Waals surface area contributed by atoms with E-state index < -0.39 is 18.6 Å². The Labute approximate surface area is 215 Å². The quantitative estimate of drug-likeness (QED) is 0.348. The summed E-state index contributed by atoms with van der Waals surface area (Å²) in [6.07, 6.45) is -4.60. The lowest BCUT2D eigenvalue weighted by molar-refractivity contribution is -0.123. The first-order valence-electron chi connectivity index (χ1n) is 12.1. The molecule has 0 radical (unpaired) electrons. The van der Waals surface area contributed by atoms with Crippen molar-refractivity contribution in [2.75, 3.05) is 37.7 Å². The molecular weight excluding hydrogens is 503 g/mol. The molecule has 1 saturated heterocycles. The molecule has 0 bridgehead atoms. The first-order valence-corrected chi connectivity index (χ1v) is 12.1. The predicted octanol–water partition coefficient (Wildman–Crippen LogP) is 3.77. The molecule has 1 aliphatic rings. The summed E-state index contributed by atoms with van der Waals surface area (Å²) in [5, 5.41) is 28.7. The number of fused-ring (bicyclic) bond motifs is 1. The summed E-state index contributed by atoms with van der Waals surface area (Å²) in [4.78, 5) is 15.0. The fraction of sp³-hybridized carbons (Fsp3) is 0.360. The van der Waals surface area contributed by atoms with Gasteiger partial charge in [0.15, 0.2) is 5.82 Å². The van der Waals surface area contributed by atoms with Crippen molar-refractivity contribution in [3.05, 3.63) is 47.9 Å². The van der Waals surface area contributed by atoms with Gasteiger partial charge < -0.3 is 20.1 Å². The number of anilines is 1. The van der Waals surface area contributed by atoms with Gasteiger partial charge in [-0.2, -0.15) is 18.3 Å². The van der Waals surface area contributed by atoms with Gasteiger partial charge in [-0.25, -0.2) is 0 Å². The Morgan fingerprint density at radius 1 is 1.13 bits per heavy atom. The van der Waals surface area contributed by atoms with Crippen LogP contribution in [-0.2, 0) is 4.74 Å². The Hall–Kier alpha value is -4.13. The number of nitrogens with zero attached hydrogens (tertiary/aromatic N) is 5. The highest BCUT2D eigenvalue weighted by atomic mass is 19.4. The molecule has 3 N–H and O–H groups in total. The van der Waals surface area contributed by atoms with E-state index in [1.54, 1.807) is 18.2 Å². The topological polar surface area (TPSA) is 121 Å². The molecule has 0 spiro atoms. The number of alkyl halides is 3. The van der Waals surface area contributed by atoms with E-state index in [1.807, 2.05) is 31.3 Å². The summed E-state index contributed by atoms with van der Waals surface area (Å²) < 4.78 is 45.2. The zero-order valence-electron chi connectivity index (χ0n) is 20.7. The molecule has 3 heterocycles. The number of phenols is 1. The van der Waals surface area contributed by atoms with Crippen LogP contribution in [0.2, 0.25) is 0 Å². The Kier molecular flexibility index (Phi) is 6.69. The number of carbonyl (C=O) groups excluding carboxylic acids is 1. The van der Waals surface area contributed by atoms with E-state index in [0.29, 0.717) is 24.4 Å². The molecule has 0 atom stereocenters. The smallest absolute Gasteiger partial charge is 0.405 e. The number of hydrogen-bond donors (Lipinski definition) is 3. The Morgan fingerprint density at radius 2 is 1.82 bits per heavy atom. The number of rotatable bonds is 6. The first-order chi connectivity index (χ1) is 18.1. The summed E-state index contributed by atoms with van der Waals surface area (Å²) in [5.74, 6) is -1.37. The summed E-state index contributed by atoms with van der Waals surface area (Å²) in [5.41, 5.74) is 3.00. The van der Waals surface area contributed by atoms with Crippen LogP contribution in [0, 0.1) is 0 Å². The van der Waals surface area contributed by atoms with Crippen LogP contribution in [0.25, 0.3) is 28.0 Å². The van der Waals surface area contributed by atoms with E-state index in [1.165, 1.54) is 10.6 Å². The molecule has 1 aliphatic heterocycles. The minimum Gasteiger partial charge on any atom is -0.507 e. The second-order valence-electron chi connectivity index (χ2n) is 9.27. The number of carbonyl (C=O) groups is 1. The van der Waals surface area contributed by atoms with Gasteiger partial charge in [-0.05, 0) is 36.2 Å². The monoisotopic (exact) mass is 529 g/mol. The fourth-order valence-corrected chi connectivity index (χ4v) is 4.43. The second-order valence-corrected chi connectivity index (χ2v) is 9.27. The van der Waals surface area contributed by atoms with Gasteiger partial charge in [0.25, 0.3) is 5.91 Å². The zero-order valence-corrected chi connectivity index (χ0v) is 20.7. The van der Waals surface area contributed by atoms with Gasteiger partial charge in [0.1, 0.15) is 12.3 Å². The van der Waals surface area contributed by atoms with Crippen LogP contribution >= 0.6 is 0 Å². The third-order valence-corrected chi connectivity index (χ3v) is 6.32. The number of H-pyrrole nitrogens is 1. The van der Waals surface area contributed by atoms with E-state index in [4.69, 9.17) is 4.74 Å². The third-order valence-electron chi connectivity index (χ3n) is 6.32. The number of benzene rings is 2. The molecule has 0 unspecified atom stereocenters. The molecule has 200 valence electrons. The molecule has 1 amide bonds. The number of amides is 1. The summed E-state index contributed by atoms with van der Waals surface area (Å²) in [6, 6.07) is 10.3. The molecule has 4 aromatic rings. The number of phenolic OH excluding ortho intramolecular Hbond substituents is 1. The van der Waals surface area contributed by atoms with E-state index >= 15 is 0 Å². The van der Waals surface area contributed by atoms with E-state index in [-0.39, 0.29) is 28.9 Å². The fourth-order valence-electron chi connectivity index (χ4n) is 4.43. The van der Waals surface area contributed by atoms with E-state index in [2.05, 4.69) is 25.3 Å². The van der Waals surface area contributed by atoms with Gasteiger partial charge >= 0.3 is 6.18 Å². The Bertz CT molecular complexity index is 1460. The maximum Gasteiger partial charge on any atom is 0.405 e. The van der Waals surface area contributed by atoms with Gasteiger partial charge in [-0.3, -0.25) is 14.5 Å². The van der Waals surface area contributed by atoms with Crippen LogP contribution in [0.4, 0.5) is 18.9 Å². The van der Waals surface area contributed by atoms with Crippen molar-refractivity contribution in [1.29, 1.82) is 0 Å². The van der Waals surface area contributed by atoms with Gasteiger partial charge in [0.2, 0.25) is 5.82 Å². The lowest BCUT2D eigenvalue weighted by atomic mass is 10.0. The van der Waals surface area contributed by atoms with Crippen molar-refractivity contribution in [2.45, 2.75) is 25.9 Å². The average Bonchev–Trinajstić information content (AvgIpc) is 3.51. The number of halogens is 3. The lowest BCUT2D eigenvalue weighted by Crippen LogP contribution is -2.36. The highest BCUT2D eigenvalue weighted by molar-refractivity contribution is 5.93. The SMILES string of the molecule is CC(C)c1[nH]nc2cc(O)c(-c3nnc(C(=O)NCC(F)(F)F)n3-c3ccc(N4CCOCC4)cc3)cc12. The molecule has 5 rings (SSSR count). The van der Waals surface area contributed by atoms with Crippen molar-refractivity contribution >= 4 is 22.5 Å². The molecule has 0 saturated carbocycles. The van der Waals surface area contributed by atoms with Crippen LogP contribution < -0.4 is 10.2 Å². The van der Waals surface area contributed by atoms with Gasteiger partial charge in [0.05, 0.1) is 24.3 Å². The molecule has 38 heavy (non-hydrogen) atoms. The Balaban J connectivity index is 1.61. The number of nitrogens with one attached hydrogen (secondary N) is 2. The maximum absolute atomic E-state index is 12.8. The maximum atomic E-state index is 12.8. The minimum atomic E-state index is -4.60. The normalized spacial score (nSPS) is 14.4. The predicted molar refractivity (Wildman–Crippen MR) is 134 cm³/mol. The van der Waals surface area contributed by atoms with Crippen molar-refractivity contribution in [3.8, 4) is 22.8 Å². The minimum absolute atomic E-state index is 0.0941. The number of ether oxygens (including phenoxy) is 1. The number of morpholine rings is 1. The molecule has 2 aromatic carbocycles. The molecular formula is C25H26F3N7O3. The summed E-state index contributed by atoms with van der Waals surface area (Å²) >= 11 is 0. The van der Waals surface area contributed by atoms with Crippen LogP contribution in [0.3, 0.4) is 0 Å². The van der Waals surface area contributed by atoms with Crippen molar-refractivity contribution in [3.63, 3.8) is 0 Å². The Morgan fingerprint density at radius 3 is 2.47 bits per heavy atom. The van der Waals surface area contributed by atoms with Gasteiger partial charge in [-0.1, -0.05) is 13.8 Å². The number of aromatic amines is 1. The molecule has 0 aliphatic carbocycles. The molecule has 10 nitrogen and oxygen atoms in total. The number of aromatic hydroxyl groups is 1. The molecule has 2 aromatic heterocycles. The lowest BCUT2D eigenvalue weighted by Gasteiger charge is -2.29. The zero-order chi connectivity index (χ0) is 27.0. The number of aromatic nitrogens is 5. The summed E-state index contributed by atoms with van der Waals surface area (Å²) in [6.45, 7) is 5.11. The van der Waals surface area contributed by atoms with Crippen molar-refractivity contribution in [2.24, 2.45) is 0 Å². The van der Waals surface area contributed by atoms with Gasteiger partial charge in [0, 0.05) is 41.6 Å². The second kappa shape index (κ2) is 9.97. The van der Waals surface area contributed by atoms with Crippen LogP contribution in [0.5, 0.6) is 5.75 Å². The van der Waals surface area contributed by atoms with Gasteiger partial charge in [-0.15, -0.1) is 10.2 Å². The third kappa shape index (κ3) is 5.01. The summed E-state index contributed by atoms with van der Waals surface area (Å²) in [7, 11) is 0. The van der Waals surface area contributed by atoms with Crippen molar-refractivity contribution < 1.29 is 27.8 Å². The van der Waals surface area contributed by atoms with Crippen LogP contribution in [0.15, 0.2) is 36.4 Å². The van der Waals surface area contributed by atoms with Crippen molar-refractivity contribution in [1.82, 2.24) is 30.3 Å². The highest BCUT2D eigenvalue weighted by Crippen LogP contribution is 2.36. The number of hydrogen-bond acceptors (Lipinski definition) is 7. The first kappa shape index (κ1) is 25.5. The molecule has 13 heteroatoms. The van der Waals surface area contributed by atoms with E-state index in [9.17, 15) is 23.1 Å². The van der Waals surface area contributed by atoms with Crippen LogP contribution in [-0.4, -0.2) is 75.0 Å². The molecule has 1 fully saturated rings. The largest absolute Gasteiger partial charge is 0.507 e. The van der Waals surface area contributed by atoms with Crippen LogP contribution in [0.1, 0.15) is 36.1 Å². The standard InChI is InChI=1S/C25H26F3N7O3/c1-14(2)21-17-11-18(20(36)12-19(17)30-31-21)22-32-33-23(24(37)29-13-25(26,27)28)35(22)16-5-3-15(4-6-16)34-7-9-38-10-8-34/h3-6,11-12,14,36H,7-10,13H2,1-2H3,(H,29,37)(H,30,31). The average molecular weight is 530 g/mol. The highest BCUT2D eigenvalue weighted by Gasteiger charge is 2.30. The van der Waals surface area contributed by atoms with E-state index in [0.717, 1.165) is 29.9 Å².